The van der Waals surface area contributed by atoms with Crippen LogP contribution in [-0.2, 0) is 53.8 Å². The molecule has 15 nitrogen and oxygen atoms in total. The molecule has 0 aromatic carbocycles. The van der Waals surface area contributed by atoms with Gasteiger partial charge < -0.3 is 59.3 Å². The molecule has 0 bridgehead atoms. The molecular formula is C42H92O15Si5. The lowest BCUT2D eigenvalue weighted by molar-refractivity contribution is -0.138. The maximum Gasteiger partial charge on any atom is 0.679 e. The molecule has 2 unspecified atom stereocenters. The molecule has 0 aromatic rings. The molecule has 0 radical (unpaired) electrons. The molecule has 0 spiro atoms. The lowest BCUT2D eigenvalue weighted by Crippen LogP contribution is -2.58. The Morgan fingerprint density at radius 1 is 0.645 bits per heavy atom. The zero-order valence-electron chi connectivity index (χ0n) is 41.3. The highest BCUT2D eigenvalue weighted by Gasteiger charge is 2.47. The Bertz CT molecular complexity index is 1060. The first-order chi connectivity index (χ1) is 29.1. The number of rotatable bonds is 28. The van der Waals surface area contributed by atoms with Gasteiger partial charge in [0.2, 0.25) is 0 Å². The highest BCUT2D eigenvalue weighted by Crippen LogP contribution is 2.31. The molecule has 1 heterocycles. The van der Waals surface area contributed by atoms with Crippen molar-refractivity contribution in [3.05, 3.63) is 50.6 Å². The molecule has 1 rings (SSSR count). The molecule has 62 heavy (non-hydrogen) atoms. The molecular weight excluding hydrogens is 885 g/mol. The Morgan fingerprint density at radius 2 is 1.06 bits per heavy atom. The van der Waals surface area contributed by atoms with Gasteiger partial charge in [0, 0.05) is 77.5 Å². The summed E-state index contributed by atoms with van der Waals surface area (Å²) in [5, 5.41) is 15.8. The van der Waals surface area contributed by atoms with Crippen molar-refractivity contribution in [1.82, 2.24) is 0 Å². The van der Waals surface area contributed by atoms with Crippen LogP contribution < -0.4 is 0 Å². The van der Waals surface area contributed by atoms with E-state index in [0.717, 1.165) is 50.6 Å². The first-order valence-corrected chi connectivity index (χ1v) is 34.7. The van der Waals surface area contributed by atoms with E-state index in [2.05, 4.69) is 57.6 Å². The van der Waals surface area contributed by atoms with E-state index < -0.39 is 55.0 Å². The summed E-state index contributed by atoms with van der Waals surface area (Å²) < 4.78 is 55.8. The molecule has 2 atom stereocenters. The predicted molar refractivity (Wildman–Crippen MR) is 263 cm³/mol. The largest absolute Gasteiger partial charge is 0.679 e. The molecule has 0 aromatic heterocycles. The van der Waals surface area contributed by atoms with Crippen LogP contribution in [-0.4, -0.2) is 136 Å². The summed E-state index contributed by atoms with van der Waals surface area (Å²) in [6, 6.07) is 2.45. The van der Waals surface area contributed by atoms with Crippen LogP contribution >= 0.6 is 0 Å². The average Bonchev–Trinajstić information content (AvgIpc) is 3.76. The minimum Gasteiger partial charge on any atom is -0.463 e. The number of aliphatic hydroxyl groups excluding tert-OH is 2. The van der Waals surface area contributed by atoms with Gasteiger partial charge in [0.15, 0.2) is 8.32 Å². The lowest BCUT2D eigenvalue weighted by atomic mass is 10.4. The Hall–Kier alpha value is -1.46. The van der Waals surface area contributed by atoms with Crippen LogP contribution in [0.4, 0.5) is 0 Å². The second kappa shape index (κ2) is 44.7. The minimum atomic E-state index is -2.80. The van der Waals surface area contributed by atoms with Crippen LogP contribution in [0.1, 0.15) is 87.0 Å². The van der Waals surface area contributed by atoms with Gasteiger partial charge in [-0.3, -0.25) is 0 Å². The number of hydrogen-bond acceptors (Lipinski definition) is 15. The third-order valence-corrected chi connectivity index (χ3v) is 24.7. The normalized spacial score (nSPS) is 13.9. The predicted octanol–water partition coefficient (Wildman–Crippen LogP) is 8.84. The third-order valence-electron chi connectivity index (χ3n) is 7.02. The van der Waals surface area contributed by atoms with Gasteiger partial charge in [-0.2, -0.15) is 0 Å². The van der Waals surface area contributed by atoms with Crippen molar-refractivity contribution in [1.29, 1.82) is 0 Å². The van der Waals surface area contributed by atoms with Crippen LogP contribution in [0.3, 0.4) is 0 Å². The Labute approximate surface area is 383 Å². The van der Waals surface area contributed by atoms with Crippen molar-refractivity contribution in [2.24, 2.45) is 0 Å². The van der Waals surface area contributed by atoms with Crippen molar-refractivity contribution in [3.63, 3.8) is 0 Å². The van der Waals surface area contributed by atoms with Crippen molar-refractivity contribution in [2.75, 3.05) is 66.1 Å². The van der Waals surface area contributed by atoms with E-state index in [4.69, 9.17) is 49.7 Å². The fourth-order valence-corrected chi connectivity index (χ4v) is 25.3. The van der Waals surface area contributed by atoms with Crippen molar-refractivity contribution >= 4 is 55.0 Å². The summed E-state index contributed by atoms with van der Waals surface area (Å²) in [6.45, 7) is 44.4. The lowest BCUT2D eigenvalue weighted by Gasteiger charge is -2.42. The molecule has 370 valence electrons. The van der Waals surface area contributed by atoms with Gasteiger partial charge in [-0.15, -0.1) is 13.2 Å². The molecule has 1 aliphatic heterocycles. The summed E-state index contributed by atoms with van der Waals surface area (Å²) in [7, 11) is -12.7. The van der Waals surface area contributed by atoms with E-state index in [0.29, 0.717) is 45.5 Å². The van der Waals surface area contributed by atoms with Gasteiger partial charge >= 0.3 is 46.7 Å². The first-order valence-electron chi connectivity index (χ1n) is 22.0. The summed E-state index contributed by atoms with van der Waals surface area (Å²) in [5.41, 5.74) is 0. The molecule has 0 saturated carbocycles. The van der Waals surface area contributed by atoms with E-state index in [-0.39, 0.29) is 19.8 Å². The Morgan fingerprint density at radius 3 is 1.37 bits per heavy atom. The number of carbonyl (C=O) groups is 2. The van der Waals surface area contributed by atoms with Crippen LogP contribution in [0.2, 0.25) is 57.4 Å². The van der Waals surface area contributed by atoms with Gasteiger partial charge in [0.1, 0.15) is 0 Å². The smallest absolute Gasteiger partial charge is 0.463 e. The first kappa shape index (κ1) is 69.6. The van der Waals surface area contributed by atoms with Crippen molar-refractivity contribution in [2.45, 2.75) is 144 Å². The van der Waals surface area contributed by atoms with E-state index >= 15 is 0 Å². The fraction of sp³-hybridized carbons (Fsp3) is 0.762. The highest BCUT2D eigenvalue weighted by molar-refractivity contribution is 6.89. The molecule has 0 amide bonds. The summed E-state index contributed by atoms with van der Waals surface area (Å²) in [4.78, 5) is 31.9. The summed E-state index contributed by atoms with van der Waals surface area (Å²) in [5.74, 6) is -0.841. The molecule has 0 aliphatic carbocycles. The average molecular weight is 978 g/mol. The van der Waals surface area contributed by atoms with Crippen LogP contribution in [0.5, 0.6) is 0 Å². The fourth-order valence-electron chi connectivity index (χ4n) is 5.26. The van der Waals surface area contributed by atoms with E-state index in [9.17, 15) is 14.4 Å². The summed E-state index contributed by atoms with van der Waals surface area (Å²) in [6.07, 6.45) is 11.5. The topological polar surface area (TPSA) is 187 Å². The number of unbranched alkanes of at least 4 members (excludes halogenated alkanes) is 1. The van der Waals surface area contributed by atoms with Crippen molar-refractivity contribution in [3.8, 4) is 0 Å². The van der Waals surface area contributed by atoms with Crippen LogP contribution in [0.15, 0.2) is 50.6 Å². The summed E-state index contributed by atoms with van der Waals surface area (Å²) >= 11 is 0. The zero-order valence-corrected chi connectivity index (χ0v) is 46.3. The second-order valence-corrected chi connectivity index (χ2v) is 31.5. The molecule has 20 heteroatoms. The molecule has 1 aliphatic rings. The van der Waals surface area contributed by atoms with E-state index in [1.165, 1.54) is 18.9 Å². The van der Waals surface area contributed by atoms with Crippen LogP contribution in [0, 0.1) is 0 Å². The Kier molecular flexibility index (Phi) is 50.2. The highest BCUT2D eigenvalue weighted by atomic mass is 28.5. The number of carbonyl (C=O) groups excluding carboxylic acids is 2. The maximum absolute atomic E-state index is 11.2. The standard InChI is InChI=1S/C19H42O6Si4.C8H20O4Si.C6H10O3.C4H8O.C3H6.C2H6O/c1-10-16-26(4,5)23-29(9,18-14-13-15-22-19(20)12-3)25-28(8,17-11-2)24-27(6,7)21;1-5-9-13(10-6-2,11-7-3)12-8-4;1-2-6(8)9-5-3-4-7;1-2-4-5-3-1;1-3-2;1-2-3/h11-12,21H,2-3,10,13-18H2,1,4-9H3;5-8H2,1-4H3;2,7H,1,3-5H2;1-4H2;3H,1H2,2H3;3H,2H2,1H3. The van der Waals surface area contributed by atoms with Gasteiger partial charge in [-0.05, 0) is 119 Å². The molecule has 1 fully saturated rings. The van der Waals surface area contributed by atoms with E-state index in [1.54, 1.807) is 26.1 Å². The number of ether oxygens (including phenoxy) is 3. The van der Waals surface area contributed by atoms with Gasteiger partial charge in [0.05, 0.1) is 13.2 Å². The third kappa shape index (κ3) is 48.0. The number of allylic oxidation sites excluding steroid dienone is 2. The number of esters is 2. The van der Waals surface area contributed by atoms with Gasteiger partial charge in [-0.25, -0.2) is 9.59 Å². The molecule has 3 N–H and O–H groups in total. The Balaban J connectivity index is -0.000000266. The van der Waals surface area contributed by atoms with E-state index in [1.807, 2.05) is 47.2 Å². The monoisotopic (exact) mass is 977 g/mol. The quantitative estimate of drug-likeness (QED) is 0.0222. The van der Waals surface area contributed by atoms with Gasteiger partial charge in [-0.1, -0.05) is 38.7 Å². The van der Waals surface area contributed by atoms with Crippen molar-refractivity contribution < 1.29 is 68.9 Å². The SMILES string of the molecule is C1CCOC1.C=CC.C=CC(=O)OCCCO.C=CC[Si](C)(O[Si](C)(C)O)O[Si](C)(CCCCOC(=O)C=C)O[Si](C)(C)CCC.CCO.CCO[Si](OCC)(OCC)OCC. The second-order valence-electron chi connectivity index (χ2n) is 14.6. The molecule has 1 saturated heterocycles. The zero-order chi connectivity index (χ0) is 49.0. The maximum atomic E-state index is 11.2. The van der Waals surface area contributed by atoms with Gasteiger partial charge in [0.25, 0.3) is 0 Å². The number of hydrogen-bond donors (Lipinski definition) is 3. The minimum absolute atomic E-state index is 0.0461. The van der Waals surface area contributed by atoms with Crippen LogP contribution in [0.25, 0.3) is 0 Å². The number of aliphatic hydroxyl groups is 2.